The van der Waals surface area contributed by atoms with Crippen LogP contribution in [-0.4, -0.2) is 94.7 Å². The van der Waals surface area contributed by atoms with E-state index in [1.54, 1.807) is 13.0 Å². The molecule has 13 atom stereocenters. The van der Waals surface area contributed by atoms with Gasteiger partial charge in [-0.15, -0.1) is 0 Å². The number of allylic oxidation sites excluding steroid dienone is 1. The molecule has 13 unspecified atom stereocenters. The van der Waals surface area contributed by atoms with Crippen LogP contribution in [0.25, 0.3) is 0 Å². The number of quaternary nitrogens is 1. The van der Waals surface area contributed by atoms with E-state index in [1.165, 1.54) is 5.57 Å². The van der Waals surface area contributed by atoms with Crippen LogP contribution >= 0.6 is 21.6 Å². The lowest BCUT2D eigenvalue weighted by molar-refractivity contribution is -0.706. The zero-order valence-electron chi connectivity index (χ0n) is 30.9. The van der Waals surface area contributed by atoms with Crippen molar-refractivity contribution in [1.82, 2.24) is 4.90 Å². The van der Waals surface area contributed by atoms with Crippen LogP contribution in [0.5, 0.6) is 0 Å². The predicted molar refractivity (Wildman–Crippen MR) is 198 cm³/mol. The van der Waals surface area contributed by atoms with Crippen molar-refractivity contribution < 1.29 is 39.0 Å². The van der Waals surface area contributed by atoms with Gasteiger partial charge in [0.1, 0.15) is 23.5 Å². The molecule has 0 aromatic heterocycles. The van der Waals surface area contributed by atoms with E-state index >= 15 is 0 Å². The Morgan fingerprint density at radius 1 is 1.18 bits per heavy atom. The molecule has 1 saturated carbocycles. The van der Waals surface area contributed by atoms with Crippen LogP contribution in [0.1, 0.15) is 91.9 Å². The molecule has 10 nitrogen and oxygen atoms in total. The van der Waals surface area contributed by atoms with Crippen molar-refractivity contribution in [2.75, 3.05) is 31.2 Å². The van der Waals surface area contributed by atoms with Crippen LogP contribution in [0.3, 0.4) is 0 Å². The van der Waals surface area contributed by atoms with E-state index < -0.39 is 11.2 Å². The number of amides is 1. The second kappa shape index (κ2) is 15.3. The van der Waals surface area contributed by atoms with Crippen molar-refractivity contribution in [2.24, 2.45) is 47.2 Å². The van der Waals surface area contributed by atoms with Crippen LogP contribution in [0.4, 0.5) is 0 Å². The van der Waals surface area contributed by atoms with Crippen LogP contribution in [0.15, 0.2) is 23.3 Å². The SMILES string of the molecule is CC=C(C)C(=O)OC1(C)CC=C2CSSCC3C(CC)CN3C(=O)CC3C[NH2+]C(N)CC3C2C12CC1CC3CC(CCCO)C(=O)OC3CC1O2. The molecule has 2 aliphatic carbocycles. The Morgan fingerprint density at radius 2 is 2.00 bits per heavy atom. The highest BCUT2D eigenvalue weighted by atomic mass is 33.1. The molecule has 0 radical (unpaired) electrons. The van der Waals surface area contributed by atoms with Gasteiger partial charge in [-0.2, -0.15) is 0 Å². The lowest BCUT2D eigenvalue weighted by Crippen LogP contribution is -2.96. The molecule has 1 amide bonds. The maximum absolute atomic E-state index is 14.1. The number of piperidine rings is 1. The number of hydrogen-bond acceptors (Lipinski definition) is 10. The van der Waals surface area contributed by atoms with Gasteiger partial charge in [0.15, 0.2) is 0 Å². The molecule has 5 heterocycles. The number of rotatable bonds is 6. The van der Waals surface area contributed by atoms with E-state index in [2.05, 4.69) is 30.1 Å². The lowest BCUT2D eigenvalue weighted by atomic mass is 9.56. The predicted octanol–water partition coefficient (Wildman–Crippen LogP) is 3.97. The van der Waals surface area contributed by atoms with Crippen molar-refractivity contribution in [3.63, 3.8) is 0 Å². The van der Waals surface area contributed by atoms with E-state index in [0.717, 1.165) is 56.7 Å². The van der Waals surface area contributed by atoms with Gasteiger partial charge in [0.2, 0.25) is 5.91 Å². The number of hydrogen-bond donors (Lipinski definition) is 3. The van der Waals surface area contributed by atoms with Crippen molar-refractivity contribution in [2.45, 2.75) is 128 Å². The largest absolute Gasteiger partial charge is 0.462 e. The molecule has 284 valence electrons. The third-order valence-corrected chi connectivity index (χ3v) is 16.5. The van der Waals surface area contributed by atoms with E-state index in [1.807, 2.05) is 28.5 Å². The second-order valence-electron chi connectivity index (χ2n) is 16.9. The van der Waals surface area contributed by atoms with Gasteiger partial charge >= 0.3 is 11.9 Å². The van der Waals surface area contributed by atoms with Gasteiger partial charge in [-0.25, -0.2) is 4.79 Å². The Labute approximate surface area is 311 Å². The first kappa shape index (κ1) is 37.7. The highest BCUT2D eigenvalue weighted by molar-refractivity contribution is 8.76. The van der Waals surface area contributed by atoms with Gasteiger partial charge in [0, 0.05) is 73.8 Å². The van der Waals surface area contributed by atoms with Gasteiger partial charge in [0.05, 0.1) is 18.6 Å². The Kier molecular flexibility index (Phi) is 11.3. The third-order valence-electron chi connectivity index (χ3n) is 14.1. The fraction of sp³-hybridized carbons (Fsp3) is 0.821. The molecular weight excluding hydrogens is 687 g/mol. The molecule has 0 bridgehead atoms. The molecule has 1 spiro atoms. The van der Waals surface area contributed by atoms with E-state index in [9.17, 15) is 19.5 Å². The topological polar surface area (TPSA) is 145 Å². The monoisotopic (exact) mass is 746 g/mol. The molecule has 6 fully saturated rings. The molecule has 7 aliphatic rings. The minimum atomic E-state index is -0.947. The summed E-state index contributed by atoms with van der Waals surface area (Å²) in [4.78, 5) is 43.0. The number of carbonyl (C=O) groups excluding carboxylic acids is 3. The molecule has 5 N–H and O–H groups in total. The number of aliphatic hydroxyl groups excluding tert-OH is 1. The van der Waals surface area contributed by atoms with Crippen molar-refractivity contribution >= 4 is 39.4 Å². The maximum Gasteiger partial charge on any atom is 0.334 e. The third kappa shape index (κ3) is 6.97. The highest BCUT2D eigenvalue weighted by Crippen LogP contribution is 2.62. The lowest BCUT2D eigenvalue weighted by Gasteiger charge is -2.56. The smallest absolute Gasteiger partial charge is 0.334 e. The number of ether oxygens (including phenoxy) is 3. The summed E-state index contributed by atoms with van der Waals surface area (Å²) >= 11 is 0. The van der Waals surface area contributed by atoms with Gasteiger partial charge in [-0.05, 0) is 83.0 Å². The molecule has 51 heavy (non-hydrogen) atoms. The quantitative estimate of drug-likeness (QED) is 0.158. The number of nitrogens with two attached hydrogens (primary N) is 2. The van der Waals surface area contributed by atoms with Crippen molar-refractivity contribution in [3.8, 4) is 0 Å². The molecule has 5 saturated heterocycles. The summed E-state index contributed by atoms with van der Waals surface area (Å²) in [5.41, 5.74) is 6.92. The first-order chi connectivity index (χ1) is 24.5. The number of nitrogens with zero attached hydrogens (tertiary/aromatic N) is 1. The molecule has 7 rings (SSSR count). The van der Waals surface area contributed by atoms with Gasteiger partial charge in [-0.1, -0.05) is 46.2 Å². The van der Waals surface area contributed by atoms with Gasteiger partial charge in [0.25, 0.3) is 0 Å². The summed E-state index contributed by atoms with van der Waals surface area (Å²) < 4.78 is 20.4. The van der Waals surface area contributed by atoms with Gasteiger partial charge in [-0.3, -0.25) is 15.3 Å². The van der Waals surface area contributed by atoms with E-state index in [4.69, 9.17) is 19.9 Å². The average Bonchev–Trinajstić information content (AvgIpc) is 3.46. The molecule has 12 heteroatoms. The average molecular weight is 747 g/mol. The van der Waals surface area contributed by atoms with E-state index in [-0.39, 0.29) is 78.3 Å². The minimum absolute atomic E-state index is 0.0734. The fourth-order valence-electron chi connectivity index (χ4n) is 11.0. The summed E-state index contributed by atoms with van der Waals surface area (Å²) in [5, 5.41) is 11.7. The summed E-state index contributed by atoms with van der Waals surface area (Å²) in [7, 11) is 3.76. The number of carbonyl (C=O) groups is 3. The van der Waals surface area contributed by atoms with Crippen LogP contribution < -0.4 is 11.1 Å². The second-order valence-corrected chi connectivity index (χ2v) is 19.4. The van der Waals surface area contributed by atoms with Crippen molar-refractivity contribution in [3.05, 3.63) is 23.3 Å². The van der Waals surface area contributed by atoms with Crippen LogP contribution in [-0.2, 0) is 28.6 Å². The zero-order valence-corrected chi connectivity index (χ0v) is 32.6. The standard InChI is InChI=1S/C39H59N3O7S2/c1-5-22(3)36(45)49-38(4)10-9-25-20-50-51-21-30-23(6-2)19-42(30)34(44)14-28-18-41-33(40)15-29(28)35(25)39(38)17-27-13-26-12-24(8-7-11-43)37(46)47-31(26)16-32(27)48-39/h5,9,23-24,26-33,35,41,43H,6-8,10-21,40H2,1-4H3/p+1. The van der Waals surface area contributed by atoms with Gasteiger partial charge < -0.3 is 29.5 Å². The molecule has 5 aliphatic heterocycles. The summed E-state index contributed by atoms with van der Waals surface area (Å²) in [6, 6.07) is 0.301. The normalized spacial score (nSPS) is 44.3. The van der Waals surface area contributed by atoms with Crippen LogP contribution in [0, 0.1) is 41.4 Å². The maximum atomic E-state index is 14.1. The summed E-state index contributed by atoms with van der Waals surface area (Å²) in [6.07, 6.45) is 10.9. The Morgan fingerprint density at radius 3 is 2.76 bits per heavy atom. The molecule has 0 aromatic carbocycles. The Balaban J connectivity index is 1.27. The Hall–Kier alpha value is -1.57. The molecule has 0 aromatic rings. The number of esters is 2. The molecular formula is C39H60N3O7S2+. The summed E-state index contributed by atoms with van der Waals surface area (Å²) in [5.74, 6) is 2.53. The first-order valence-corrected chi connectivity index (χ1v) is 22.2. The summed E-state index contributed by atoms with van der Waals surface area (Å²) in [6.45, 7) is 9.69. The van der Waals surface area contributed by atoms with Crippen LogP contribution in [0.2, 0.25) is 0 Å². The number of aliphatic hydroxyl groups is 1. The number of fused-ring (bicyclic) bond motifs is 7. The Bertz CT molecular complexity index is 1410. The zero-order chi connectivity index (χ0) is 36.1. The first-order valence-electron chi connectivity index (χ1n) is 19.7. The minimum Gasteiger partial charge on any atom is -0.462 e. The van der Waals surface area contributed by atoms with Crippen molar-refractivity contribution in [1.29, 1.82) is 0 Å². The fourth-order valence-corrected chi connectivity index (χ4v) is 13.6. The van der Waals surface area contributed by atoms with E-state index in [0.29, 0.717) is 49.6 Å². The highest BCUT2D eigenvalue weighted by Gasteiger charge is 2.68.